The van der Waals surface area contributed by atoms with E-state index in [1.807, 2.05) is 41.3 Å². The van der Waals surface area contributed by atoms with Crippen LogP contribution in [0, 0.1) is 0 Å². The summed E-state index contributed by atoms with van der Waals surface area (Å²) in [4.78, 5) is 50.9. The van der Waals surface area contributed by atoms with Gasteiger partial charge in [-0.1, -0.05) is 72.8 Å². The van der Waals surface area contributed by atoms with Crippen LogP contribution in [0.4, 0.5) is 13.2 Å². The van der Waals surface area contributed by atoms with Crippen LogP contribution in [0.2, 0.25) is 0 Å². The van der Waals surface area contributed by atoms with Crippen molar-refractivity contribution in [2.75, 3.05) is 19.6 Å². The molecule has 2 N–H and O–H groups in total. The number of halogens is 3. The Hall–Kier alpha value is -5.03. The molecule has 0 unspecified atom stereocenters. The van der Waals surface area contributed by atoms with Gasteiger partial charge in [0.2, 0.25) is 5.91 Å². The second-order valence-corrected chi connectivity index (χ2v) is 13.4. The zero-order valence-electron chi connectivity index (χ0n) is 27.4. The topological polar surface area (TPSA) is 107 Å². The van der Waals surface area contributed by atoms with Gasteiger partial charge in [-0.15, -0.1) is 0 Å². The highest BCUT2D eigenvalue weighted by Gasteiger charge is 2.49. The second kappa shape index (κ2) is 13.4. The number of hydrogen-bond acceptors (Lipinski definition) is 5. The lowest BCUT2D eigenvalue weighted by Crippen LogP contribution is -2.36. The highest BCUT2D eigenvalue weighted by Crippen LogP contribution is 2.52. The molecule has 4 aromatic rings. The highest BCUT2D eigenvalue weighted by atomic mass is 19.4. The van der Waals surface area contributed by atoms with Crippen molar-refractivity contribution in [3.63, 3.8) is 0 Å². The van der Waals surface area contributed by atoms with E-state index in [1.54, 1.807) is 0 Å². The number of aromatic nitrogens is 2. The number of carbonyl (C=O) groups excluding carboxylic acids is 2. The van der Waals surface area contributed by atoms with Crippen LogP contribution < -0.4 is 5.56 Å². The smallest absolute Gasteiger partial charge is 0.378 e. The van der Waals surface area contributed by atoms with Gasteiger partial charge < -0.3 is 19.9 Å². The van der Waals surface area contributed by atoms with Gasteiger partial charge in [0.15, 0.2) is 6.10 Å². The number of aliphatic hydroxyl groups is 1. The molecule has 0 saturated heterocycles. The van der Waals surface area contributed by atoms with E-state index in [-0.39, 0.29) is 30.1 Å². The van der Waals surface area contributed by atoms with E-state index in [0.29, 0.717) is 49.4 Å². The average molecular weight is 683 g/mol. The Morgan fingerprint density at radius 3 is 2.44 bits per heavy atom. The lowest BCUT2D eigenvalue weighted by Gasteiger charge is -2.27. The summed E-state index contributed by atoms with van der Waals surface area (Å²) in [6.07, 6.45) is -0.638. The Kier molecular flexibility index (Phi) is 8.94. The van der Waals surface area contributed by atoms with Crippen LogP contribution in [0.3, 0.4) is 0 Å². The number of fused-ring (bicyclic) bond motifs is 1. The van der Waals surface area contributed by atoms with Gasteiger partial charge in [-0.3, -0.25) is 14.4 Å². The fourth-order valence-corrected chi connectivity index (χ4v) is 7.08. The van der Waals surface area contributed by atoms with Crippen LogP contribution in [-0.4, -0.2) is 56.3 Å². The Labute approximate surface area is 287 Å². The third kappa shape index (κ3) is 6.74. The summed E-state index contributed by atoms with van der Waals surface area (Å²) in [5, 5.41) is 10.8. The number of nitrogens with one attached hydrogen (secondary N) is 1. The Morgan fingerprint density at radius 1 is 0.940 bits per heavy atom. The van der Waals surface area contributed by atoms with Crippen LogP contribution in [0.25, 0.3) is 5.57 Å². The third-order valence-electron chi connectivity index (χ3n) is 10.1. The van der Waals surface area contributed by atoms with Gasteiger partial charge in [0.05, 0.1) is 35.2 Å². The lowest BCUT2D eigenvalue weighted by atomic mass is 9.90. The number of nitrogens with zero attached hydrogens (tertiary/aromatic N) is 3. The zero-order chi connectivity index (χ0) is 35.0. The standard InChI is InChI=1S/C39H37F3N4O4/c40-39(41,42)30-12-5-10-28(23-30)34(48)36(50)46-18-6-13-32-31(24-46)35(49)44-37(43-32)38(16-17-38)29-11-4-9-27(22-29)26-14-19-45(20-15-26)33(47)21-25-7-2-1-3-8-25/h1-5,7-12,14,22-23,34,48H,6,13,15-21,24H2,(H,43,44,49)/t34-/m1/s1. The zero-order valence-corrected chi connectivity index (χ0v) is 27.4. The fourth-order valence-electron chi connectivity index (χ4n) is 7.08. The lowest BCUT2D eigenvalue weighted by molar-refractivity contribution is -0.142. The van der Waals surface area contributed by atoms with Gasteiger partial charge in [-0.2, -0.15) is 13.2 Å². The molecule has 50 heavy (non-hydrogen) atoms. The molecule has 1 atom stereocenters. The number of carbonyl (C=O) groups is 2. The number of alkyl halides is 3. The van der Waals surface area contributed by atoms with Crippen LogP contribution >= 0.6 is 0 Å². The molecule has 3 heterocycles. The number of amides is 2. The number of aliphatic hydroxyl groups excluding tert-OH is 1. The summed E-state index contributed by atoms with van der Waals surface area (Å²) in [5.41, 5.74) is 3.28. The summed E-state index contributed by atoms with van der Waals surface area (Å²) in [6.45, 7) is 1.31. The summed E-state index contributed by atoms with van der Waals surface area (Å²) in [7, 11) is 0. The number of rotatable bonds is 7. The monoisotopic (exact) mass is 682 g/mol. The van der Waals surface area contributed by atoms with Crippen LogP contribution in [0.15, 0.2) is 89.7 Å². The Morgan fingerprint density at radius 2 is 1.72 bits per heavy atom. The first kappa shape index (κ1) is 33.5. The minimum Gasteiger partial charge on any atom is -0.378 e. The first-order valence-corrected chi connectivity index (χ1v) is 16.9. The minimum atomic E-state index is -4.61. The maximum atomic E-state index is 13.6. The van der Waals surface area contributed by atoms with Crippen molar-refractivity contribution in [2.45, 2.75) is 62.8 Å². The summed E-state index contributed by atoms with van der Waals surface area (Å²) in [5.74, 6) is -0.0795. The Bertz CT molecular complexity index is 2020. The van der Waals surface area contributed by atoms with Gasteiger partial charge in [0, 0.05) is 19.6 Å². The molecule has 0 spiro atoms. The van der Waals surface area contributed by atoms with Crippen molar-refractivity contribution in [3.8, 4) is 0 Å². The van der Waals surface area contributed by atoms with Gasteiger partial charge in [0.25, 0.3) is 11.5 Å². The molecule has 0 radical (unpaired) electrons. The first-order valence-electron chi connectivity index (χ1n) is 16.9. The van der Waals surface area contributed by atoms with E-state index < -0.39 is 29.2 Å². The molecule has 8 nitrogen and oxygen atoms in total. The molecule has 1 fully saturated rings. The third-order valence-corrected chi connectivity index (χ3v) is 10.1. The van der Waals surface area contributed by atoms with Crippen molar-refractivity contribution in [1.29, 1.82) is 0 Å². The predicted molar refractivity (Wildman–Crippen MR) is 181 cm³/mol. The van der Waals surface area contributed by atoms with E-state index in [2.05, 4.69) is 29.3 Å². The van der Waals surface area contributed by atoms with Crippen molar-refractivity contribution in [2.24, 2.45) is 0 Å². The molecular formula is C39H37F3N4O4. The molecule has 3 aromatic carbocycles. The molecule has 1 saturated carbocycles. The van der Waals surface area contributed by atoms with Crippen LogP contribution in [0.1, 0.15) is 76.7 Å². The molecule has 1 aromatic heterocycles. The quantitative estimate of drug-likeness (QED) is 0.259. The normalized spacial score (nSPS) is 17.7. The molecular weight excluding hydrogens is 645 g/mol. The van der Waals surface area contributed by atoms with Crippen molar-refractivity contribution in [1.82, 2.24) is 19.8 Å². The molecule has 1 aliphatic carbocycles. The molecule has 2 amide bonds. The van der Waals surface area contributed by atoms with Crippen molar-refractivity contribution >= 4 is 17.4 Å². The van der Waals surface area contributed by atoms with Gasteiger partial charge in [-0.05, 0) is 72.1 Å². The van der Waals surface area contributed by atoms with Crippen LogP contribution in [0.5, 0.6) is 0 Å². The SMILES string of the molecule is O=C(Cc1ccccc1)N1CC=C(c2cccc(C3(c4nc5c(c(=O)[nH]4)CN(C(=O)[C@H](O)c4cccc(C(F)(F)F)c4)CCC5)CC3)c2)CC1. The number of aryl methyl sites for hydroxylation is 1. The summed E-state index contributed by atoms with van der Waals surface area (Å²) >= 11 is 0. The fraction of sp³-hybridized carbons (Fsp3) is 0.333. The van der Waals surface area contributed by atoms with Crippen molar-refractivity contribution < 1.29 is 27.9 Å². The van der Waals surface area contributed by atoms with E-state index in [0.717, 1.165) is 54.2 Å². The predicted octanol–water partition coefficient (Wildman–Crippen LogP) is 5.74. The van der Waals surface area contributed by atoms with Gasteiger partial charge in [-0.25, -0.2) is 4.98 Å². The number of H-pyrrole nitrogens is 1. The van der Waals surface area contributed by atoms with E-state index in [9.17, 15) is 32.7 Å². The van der Waals surface area contributed by atoms with E-state index in [4.69, 9.17) is 4.98 Å². The molecule has 0 bridgehead atoms. The summed E-state index contributed by atoms with van der Waals surface area (Å²) < 4.78 is 39.7. The Balaban J connectivity index is 1.07. The van der Waals surface area contributed by atoms with E-state index >= 15 is 0 Å². The maximum absolute atomic E-state index is 13.6. The maximum Gasteiger partial charge on any atom is 0.416 e. The number of hydrogen-bond donors (Lipinski definition) is 2. The summed E-state index contributed by atoms with van der Waals surface area (Å²) in [6, 6.07) is 22.1. The first-order chi connectivity index (χ1) is 24.0. The van der Waals surface area contributed by atoms with Gasteiger partial charge in [0.1, 0.15) is 5.82 Å². The van der Waals surface area contributed by atoms with E-state index in [1.165, 1.54) is 16.5 Å². The van der Waals surface area contributed by atoms with Crippen LogP contribution in [-0.2, 0) is 40.6 Å². The molecule has 11 heteroatoms. The minimum absolute atomic E-state index is 0.103. The molecule has 2 aliphatic heterocycles. The molecule has 3 aliphatic rings. The largest absolute Gasteiger partial charge is 0.416 e. The highest BCUT2D eigenvalue weighted by molar-refractivity contribution is 5.82. The number of benzene rings is 3. The molecule has 258 valence electrons. The average Bonchev–Trinajstić information content (AvgIpc) is 3.96. The van der Waals surface area contributed by atoms with Gasteiger partial charge >= 0.3 is 6.18 Å². The molecule has 7 rings (SSSR count). The second-order valence-electron chi connectivity index (χ2n) is 13.4. The number of aromatic amines is 1. The van der Waals surface area contributed by atoms with Crippen molar-refractivity contribution in [3.05, 3.63) is 140 Å².